The fourth-order valence-electron chi connectivity index (χ4n) is 2.80. The minimum Gasteiger partial charge on any atom is -0.399 e. The molecule has 2 rings (SSSR count). The standard InChI is InChI=1S/C16H26N2/c1-14-6-4-11-18(13-10-14)12-5-8-15-7-2-3-9-16(15)17/h2-3,7,9,14H,4-6,8,10-13,17H2,1H3. The van der Waals surface area contributed by atoms with E-state index in [1.165, 1.54) is 50.9 Å². The van der Waals surface area contributed by atoms with Crippen LogP contribution in [0.2, 0.25) is 0 Å². The van der Waals surface area contributed by atoms with Crippen LogP contribution in [0, 0.1) is 5.92 Å². The van der Waals surface area contributed by atoms with Gasteiger partial charge in [-0.15, -0.1) is 0 Å². The number of anilines is 1. The average Bonchev–Trinajstić information content (AvgIpc) is 2.57. The van der Waals surface area contributed by atoms with E-state index in [1.807, 2.05) is 12.1 Å². The predicted octanol–water partition coefficient (Wildman–Crippen LogP) is 3.32. The third kappa shape index (κ3) is 4.02. The highest BCUT2D eigenvalue weighted by atomic mass is 15.1. The van der Waals surface area contributed by atoms with Gasteiger partial charge in [-0.2, -0.15) is 0 Å². The first-order chi connectivity index (χ1) is 8.75. The van der Waals surface area contributed by atoms with Gasteiger partial charge in [-0.3, -0.25) is 0 Å². The van der Waals surface area contributed by atoms with Crippen LogP contribution in [0.3, 0.4) is 0 Å². The lowest BCUT2D eigenvalue weighted by atomic mass is 10.0. The molecule has 0 amide bonds. The first kappa shape index (κ1) is 13.4. The normalized spacial score (nSPS) is 21.7. The Bertz CT molecular complexity index is 362. The van der Waals surface area contributed by atoms with E-state index in [-0.39, 0.29) is 0 Å². The van der Waals surface area contributed by atoms with Gasteiger partial charge in [-0.25, -0.2) is 0 Å². The zero-order valence-electron chi connectivity index (χ0n) is 11.6. The summed E-state index contributed by atoms with van der Waals surface area (Å²) >= 11 is 0. The van der Waals surface area contributed by atoms with E-state index in [4.69, 9.17) is 5.73 Å². The van der Waals surface area contributed by atoms with Crippen LogP contribution in [0.5, 0.6) is 0 Å². The number of nitrogen functional groups attached to an aromatic ring is 1. The lowest BCUT2D eigenvalue weighted by Gasteiger charge is -2.19. The van der Waals surface area contributed by atoms with E-state index in [1.54, 1.807) is 0 Å². The molecule has 1 aromatic rings. The Balaban J connectivity index is 1.73. The molecule has 1 heterocycles. The Labute approximate surface area is 111 Å². The van der Waals surface area contributed by atoms with E-state index in [9.17, 15) is 0 Å². The Kier molecular flexibility index (Phi) is 5.06. The maximum absolute atomic E-state index is 5.97. The number of nitrogens with zero attached hydrogens (tertiary/aromatic N) is 1. The van der Waals surface area contributed by atoms with Gasteiger partial charge in [0.2, 0.25) is 0 Å². The van der Waals surface area contributed by atoms with Gasteiger partial charge in [0.1, 0.15) is 0 Å². The molecule has 1 atom stereocenters. The largest absolute Gasteiger partial charge is 0.399 e. The average molecular weight is 246 g/mol. The molecule has 100 valence electrons. The number of likely N-dealkylation sites (tertiary alicyclic amines) is 1. The molecule has 0 aliphatic carbocycles. The molecule has 0 bridgehead atoms. The second-order valence-electron chi connectivity index (χ2n) is 5.68. The molecule has 1 fully saturated rings. The van der Waals surface area contributed by atoms with Crippen LogP contribution in [0.4, 0.5) is 5.69 Å². The van der Waals surface area contributed by atoms with Gasteiger partial charge in [-0.05, 0) is 69.3 Å². The smallest absolute Gasteiger partial charge is 0.0346 e. The van der Waals surface area contributed by atoms with Crippen molar-refractivity contribution in [2.75, 3.05) is 25.4 Å². The molecule has 0 radical (unpaired) electrons. The molecule has 1 saturated heterocycles. The number of para-hydroxylation sites is 1. The van der Waals surface area contributed by atoms with Crippen LogP contribution < -0.4 is 5.73 Å². The minimum atomic E-state index is 0.916. The predicted molar refractivity (Wildman–Crippen MR) is 78.6 cm³/mol. The highest BCUT2D eigenvalue weighted by molar-refractivity contribution is 5.46. The zero-order valence-corrected chi connectivity index (χ0v) is 11.6. The Hall–Kier alpha value is -1.02. The molecule has 0 spiro atoms. The quantitative estimate of drug-likeness (QED) is 0.826. The topological polar surface area (TPSA) is 29.3 Å². The monoisotopic (exact) mass is 246 g/mol. The van der Waals surface area contributed by atoms with Gasteiger partial charge in [0.25, 0.3) is 0 Å². The lowest BCUT2D eigenvalue weighted by molar-refractivity contribution is 0.278. The van der Waals surface area contributed by atoms with Gasteiger partial charge in [0.05, 0.1) is 0 Å². The highest BCUT2D eigenvalue weighted by Gasteiger charge is 2.13. The molecule has 1 aromatic carbocycles. The fraction of sp³-hybridized carbons (Fsp3) is 0.625. The first-order valence-electron chi connectivity index (χ1n) is 7.31. The van der Waals surface area contributed by atoms with E-state index in [0.29, 0.717) is 0 Å². The summed E-state index contributed by atoms with van der Waals surface area (Å²) in [7, 11) is 0. The van der Waals surface area contributed by atoms with Crippen molar-refractivity contribution in [3.63, 3.8) is 0 Å². The molecule has 2 N–H and O–H groups in total. The molecule has 18 heavy (non-hydrogen) atoms. The third-order valence-corrected chi connectivity index (χ3v) is 4.08. The summed E-state index contributed by atoms with van der Waals surface area (Å²) in [6.45, 7) is 6.18. The maximum Gasteiger partial charge on any atom is 0.0346 e. The number of hydrogen-bond donors (Lipinski definition) is 1. The van der Waals surface area contributed by atoms with Gasteiger partial charge >= 0.3 is 0 Å². The van der Waals surface area contributed by atoms with Crippen LogP contribution >= 0.6 is 0 Å². The third-order valence-electron chi connectivity index (χ3n) is 4.08. The maximum atomic E-state index is 5.97. The Morgan fingerprint density at radius 1 is 1.22 bits per heavy atom. The Morgan fingerprint density at radius 3 is 2.89 bits per heavy atom. The van der Waals surface area contributed by atoms with Crippen molar-refractivity contribution in [3.05, 3.63) is 29.8 Å². The summed E-state index contributed by atoms with van der Waals surface area (Å²) in [6.07, 6.45) is 6.48. The Morgan fingerprint density at radius 2 is 2.06 bits per heavy atom. The second-order valence-corrected chi connectivity index (χ2v) is 5.68. The van der Waals surface area contributed by atoms with Crippen molar-refractivity contribution in [1.29, 1.82) is 0 Å². The first-order valence-corrected chi connectivity index (χ1v) is 7.31. The van der Waals surface area contributed by atoms with Crippen molar-refractivity contribution < 1.29 is 0 Å². The molecule has 1 aliphatic rings. The molecule has 2 nitrogen and oxygen atoms in total. The van der Waals surface area contributed by atoms with Crippen molar-refractivity contribution in [1.82, 2.24) is 4.90 Å². The molecule has 2 heteroatoms. The summed E-state index contributed by atoms with van der Waals surface area (Å²) in [4.78, 5) is 2.63. The molecular weight excluding hydrogens is 220 g/mol. The van der Waals surface area contributed by atoms with E-state index < -0.39 is 0 Å². The molecule has 0 aromatic heterocycles. The fourth-order valence-corrected chi connectivity index (χ4v) is 2.80. The van der Waals surface area contributed by atoms with Crippen molar-refractivity contribution in [2.45, 2.75) is 39.0 Å². The molecular formula is C16H26N2. The highest BCUT2D eigenvalue weighted by Crippen LogP contribution is 2.17. The van der Waals surface area contributed by atoms with Gasteiger partial charge in [0, 0.05) is 5.69 Å². The van der Waals surface area contributed by atoms with Crippen LogP contribution in [-0.2, 0) is 6.42 Å². The van der Waals surface area contributed by atoms with Gasteiger partial charge in [-0.1, -0.05) is 25.1 Å². The van der Waals surface area contributed by atoms with Crippen molar-refractivity contribution in [2.24, 2.45) is 5.92 Å². The van der Waals surface area contributed by atoms with Gasteiger partial charge in [0.15, 0.2) is 0 Å². The SMILES string of the molecule is CC1CCCN(CCCc2ccccc2N)CC1. The lowest BCUT2D eigenvalue weighted by Crippen LogP contribution is -2.26. The van der Waals surface area contributed by atoms with Crippen molar-refractivity contribution >= 4 is 5.69 Å². The number of benzene rings is 1. The summed E-state index contributed by atoms with van der Waals surface area (Å²) in [5.41, 5.74) is 8.22. The molecule has 1 unspecified atom stereocenters. The number of aryl methyl sites for hydroxylation is 1. The van der Waals surface area contributed by atoms with Gasteiger partial charge < -0.3 is 10.6 Å². The molecule has 1 aliphatic heterocycles. The number of hydrogen-bond acceptors (Lipinski definition) is 2. The van der Waals surface area contributed by atoms with E-state index in [2.05, 4.69) is 24.0 Å². The van der Waals surface area contributed by atoms with E-state index in [0.717, 1.165) is 18.0 Å². The molecule has 0 saturated carbocycles. The van der Waals surface area contributed by atoms with Crippen LogP contribution in [0.15, 0.2) is 24.3 Å². The summed E-state index contributed by atoms with van der Waals surface area (Å²) < 4.78 is 0. The van der Waals surface area contributed by atoms with Crippen LogP contribution in [0.1, 0.15) is 38.2 Å². The minimum absolute atomic E-state index is 0.916. The van der Waals surface area contributed by atoms with Crippen LogP contribution in [-0.4, -0.2) is 24.5 Å². The van der Waals surface area contributed by atoms with E-state index >= 15 is 0 Å². The summed E-state index contributed by atoms with van der Waals surface area (Å²) in [5, 5.41) is 0. The zero-order chi connectivity index (χ0) is 12.8. The van der Waals surface area contributed by atoms with Crippen molar-refractivity contribution in [3.8, 4) is 0 Å². The van der Waals surface area contributed by atoms with Crippen LogP contribution in [0.25, 0.3) is 0 Å². The number of nitrogens with two attached hydrogens (primary N) is 1. The summed E-state index contributed by atoms with van der Waals surface area (Å²) in [6, 6.07) is 8.25. The summed E-state index contributed by atoms with van der Waals surface area (Å²) in [5.74, 6) is 0.916. The second kappa shape index (κ2) is 6.79. The number of rotatable bonds is 4.